The Bertz CT molecular complexity index is 920. The second-order valence-corrected chi connectivity index (χ2v) is 7.77. The Balaban J connectivity index is 1.36. The lowest BCUT2D eigenvalue weighted by Crippen LogP contribution is -2.49. The van der Waals surface area contributed by atoms with Crippen molar-refractivity contribution < 1.29 is 4.79 Å². The fourth-order valence-corrected chi connectivity index (χ4v) is 4.41. The molecule has 4 rings (SSSR count). The number of carbonyl (C=O) groups is 1. The molecule has 1 aromatic heterocycles. The molecule has 3 aromatic rings. The molecular formula is C21H20ClN3OS. The van der Waals surface area contributed by atoms with E-state index < -0.39 is 0 Å². The number of anilines is 1. The summed E-state index contributed by atoms with van der Waals surface area (Å²) in [4.78, 5) is 21.5. The van der Waals surface area contributed by atoms with Crippen LogP contribution in [0.2, 0.25) is 5.02 Å². The smallest absolute Gasteiger partial charge is 0.228 e. The van der Waals surface area contributed by atoms with Crippen molar-refractivity contribution in [3.63, 3.8) is 0 Å². The average molecular weight is 398 g/mol. The van der Waals surface area contributed by atoms with E-state index in [9.17, 15) is 4.79 Å². The SMILES string of the molecule is O=C(Cc1csc(-c2ccccc2Cl)n1)N1CCN(c2ccccc2)CC1. The van der Waals surface area contributed by atoms with Crippen LogP contribution in [0.4, 0.5) is 5.69 Å². The number of benzene rings is 2. The summed E-state index contributed by atoms with van der Waals surface area (Å²) >= 11 is 7.78. The molecule has 0 saturated carbocycles. The molecule has 0 spiro atoms. The number of thiazole rings is 1. The predicted molar refractivity (Wildman–Crippen MR) is 111 cm³/mol. The Labute approximate surface area is 168 Å². The summed E-state index contributed by atoms with van der Waals surface area (Å²) in [6, 6.07) is 18.0. The van der Waals surface area contributed by atoms with Gasteiger partial charge < -0.3 is 9.80 Å². The Morgan fingerprint density at radius 1 is 1.00 bits per heavy atom. The van der Waals surface area contributed by atoms with Gasteiger partial charge in [-0.1, -0.05) is 48.0 Å². The average Bonchev–Trinajstić information content (AvgIpc) is 3.17. The van der Waals surface area contributed by atoms with E-state index in [0.29, 0.717) is 11.4 Å². The third-order valence-electron chi connectivity index (χ3n) is 4.74. The number of para-hydroxylation sites is 1. The Morgan fingerprint density at radius 3 is 2.44 bits per heavy atom. The number of hydrogen-bond acceptors (Lipinski definition) is 4. The van der Waals surface area contributed by atoms with Crippen molar-refractivity contribution in [2.75, 3.05) is 31.1 Å². The molecule has 2 aromatic carbocycles. The van der Waals surface area contributed by atoms with E-state index >= 15 is 0 Å². The van der Waals surface area contributed by atoms with Gasteiger partial charge in [0, 0.05) is 42.8 Å². The number of nitrogens with zero attached hydrogens (tertiary/aromatic N) is 3. The van der Waals surface area contributed by atoms with Crippen LogP contribution in [-0.4, -0.2) is 42.0 Å². The summed E-state index contributed by atoms with van der Waals surface area (Å²) in [5.41, 5.74) is 2.94. The molecular weight excluding hydrogens is 378 g/mol. The predicted octanol–water partition coefficient (Wildman–Crippen LogP) is 4.35. The Morgan fingerprint density at radius 2 is 1.70 bits per heavy atom. The highest BCUT2D eigenvalue weighted by Gasteiger charge is 2.22. The van der Waals surface area contributed by atoms with E-state index in [1.165, 1.54) is 17.0 Å². The van der Waals surface area contributed by atoms with Gasteiger partial charge in [0.1, 0.15) is 5.01 Å². The van der Waals surface area contributed by atoms with Crippen LogP contribution in [0.1, 0.15) is 5.69 Å². The van der Waals surface area contributed by atoms with Crippen LogP contribution in [0.5, 0.6) is 0 Å². The number of aromatic nitrogens is 1. The number of carbonyl (C=O) groups excluding carboxylic acids is 1. The van der Waals surface area contributed by atoms with Crippen LogP contribution in [0.25, 0.3) is 10.6 Å². The zero-order chi connectivity index (χ0) is 18.6. The molecule has 0 N–H and O–H groups in total. The molecule has 0 bridgehead atoms. The topological polar surface area (TPSA) is 36.4 Å². The van der Waals surface area contributed by atoms with Gasteiger partial charge in [-0.05, 0) is 18.2 Å². The molecule has 0 radical (unpaired) electrons. The first kappa shape index (κ1) is 18.0. The van der Waals surface area contributed by atoms with Crippen molar-refractivity contribution in [1.82, 2.24) is 9.88 Å². The number of amides is 1. The fraction of sp³-hybridized carbons (Fsp3) is 0.238. The number of halogens is 1. The minimum Gasteiger partial charge on any atom is -0.368 e. The normalized spacial score (nSPS) is 14.4. The maximum Gasteiger partial charge on any atom is 0.228 e. The van der Waals surface area contributed by atoms with E-state index in [1.54, 1.807) is 0 Å². The van der Waals surface area contributed by atoms with Crippen molar-refractivity contribution in [3.05, 3.63) is 70.7 Å². The second-order valence-electron chi connectivity index (χ2n) is 6.50. The lowest BCUT2D eigenvalue weighted by Gasteiger charge is -2.36. The van der Waals surface area contributed by atoms with E-state index in [-0.39, 0.29) is 5.91 Å². The highest BCUT2D eigenvalue weighted by atomic mass is 35.5. The molecule has 138 valence electrons. The molecule has 0 atom stereocenters. The van der Waals surface area contributed by atoms with Gasteiger partial charge in [-0.3, -0.25) is 4.79 Å². The highest BCUT2D eigenvalue weighted by molar-refractivity contribution is 7.13. The summed E-state index contributed by atoms with van der Waals surface area (Å²) in [5.74, 6) is 0.138. The molecule has 2 heterocycles. The molecule has 27 heavy (non-hydrogen) atoms. The molecule has 0 aliphatic carbocycles. The summed E-state index contributed by atoms with van der Waals surface area (Å²) in [6.07, 6.45) is 0.340. The van der Waals surface area contributed by atoms with E-state index in [1.807, 2.05) is 52.7 Å². The molecule has 1 aliphatic rings. The zero-order valence-electron chi connectivity index (χ0n) is 14.8. The number of rotatable bonds is 4. The number of hydrogen-bond donors (Lipinski definition) is 0. The van der Waals surface area contributed by atoms with E-state index in [4.69, 9.17) is 11.6 Å². The molecule has 1 saturated heterocycles. The lowest BCUT2D eigenvalue weighted by atomic mass is 10.2. The van der Waals surface area contributed by atoms with Gasteiger partial charge in [-0.25, -0.2) is 4.98 Å². The second kappa shape index (κ2) is 8.11. The maximum absolute atomic E-state index is 12.7. The van der Waals surface area contributed by atoms with Crippen molar-refractivity contribution >= 4 is 34.5 Å². The van der Waals surface area contributed by atoms with Crippen molar-refractivity contribution in [1.29, 1.82) is 0 Å². The standard InChI is InChI=1S/C21H20ClN3OS/c22-19-9-5-4-8-18(19)21-23-16(15-27-21)14-20(26)25-12-10-24(11-13-25)17-6-2-1-3-7-17/h1-9,15H,10-14H2. The molecule has 1 amide bonds. The molecule has 4 nitrogen and oxygen atoms in total. The van der Waals surface area contributed by atoms with Gasteiger partial charge in [-0.15, -0.1) is 11.3 Å². The van der Waals surface area contributed by atoms with Gasteiger partial charge in [0.2, 0.25) is 5.91 Å². The van der Waals surface area contributed by atoms with Crippen molar-refractivity contribution in [3.8, 4) is 10.6 Å². The van der Waals surface area contributed by atoms with Crippen LogP contribution in [-0.2, 0) is 11.2 Å². The molecule has 0 unspecified atom stereocenters. The first-order valence-electron chi connectivity index (χ1n) is 8.98. The maximum atomic E-state index is 12.7. The van der Waals surface area contributed by atoms with Crippen molar-refractivity contribution in [2.45, 2.75) is 6.42 Å². The van der Waals surface area contributed by atoms with Crippen LogP contribution in [0.15, 0.2) is 60.0 Å². The molecule has 1 fully saturated rings. The lowest BCUT2D eigenvalue weighted by molar-refractivity contribution is -0.130. The van der Waals surface area contributed by atoms with Crippen LogP contribution in [0, 0.1) is 0 Å². The summed E-state index contributed by atoms with van der Waals surface area (Å²) in [7, 11) is 0. The molecule has 6 heteroatoms. The minimum atomic E-state index is 0.138. The van der Waals surface area contributed by atoms with Gasteiger partial charge in [0.15, 0.2) is 0 Å². The van der Waals surface area contributed by atoms with Gasteiger partial charge in [0.05, 0.1) is 17.1 Å². The van der Waals surface area contributed by atoms with Gasteiger partial charge in [-0.2, -0.15) is 0 Å². The highest BCUT2D eigenvalue weighted by Crippen LogP contribution is 2.30. The minimum absolute atomic E-state index is 0.138. The summed E-state index contributed by atoms with van der Waals surface area (Å²) in [5, 5.41) is 3.50. The van der Waals surface area contributed by atoms with Gasteiger partial charge in [0.25, 0.3) is 0 Å². The van der Waals surface area contributed by atoms with E-state index in [2.05, 4.69) is 22.0 Å². The number of piperazine rings is 1. The first-order valence-corrected chi connectivity index (χ1v) is 10.2. The quantitative estimate of drug-likeness (QED) is 0.656. The van der Waals surface area contributed by atoms with Crippen LogP contribution < -0.4 is 4.90 Å². The Kier molecular flexibility index (Phi) is 5.41. The third-order valence-corrected chi connectivity index (χ3v) is 6.00. The van der Waals surface area contributed by atoms with Crippen molar-refractivity contribution in [2.24, 2.45) is 0 Å². The largest absolute Gasteiger partial charge is 0.368 e. The Hall–Kier alpha value is -2.37. The molecule has 1 aliphatic heterocycles. The van der Waals surface area contributed by atoms with Crippen LogP contribution in [0.3, 0.4) is 0 Å². The van der Waals surface area contributed by atoms with Gasteiger partial charge >= 0.3 is 0 Å². The van der Waals surface area contributed by atoms with Crippen LogP contribution >= 0.6 is 22.9 Å². The summed E-state index contributed by atoms with van der Waals surface area (Å²) < 4.78 is 0. The fourth-order valence-electron chi connectivity index (χ4n) is 3.27. The first-order chi connectivity index (χ1) is 13.2. The summed E-state index contributed by atoms with van der Waals surface area (Å²) in [6.45, 7) is 3.21. The zero-order valence-corrected chi connectivity index (χ0v) is 16.4. The van der Waals surface area contributed by atoms with E-state index in [0.717, 1.165) is 42.4 Å². The third kappa shape index (κ3) is 4.15. The monoisotopic (exact) mass is 397 g/mol.